The van der Waals surface area contributed by atoms with Gasteiger partial charge < -0.3 is 19.9 Å². The van der Waals surface area contributed by atoms with Gasteiger partial charge in [0.25, 0.3) is 0 Å². The second-order valence-electron chi connectivity index (χ2n) is 4.06. The summed E-state index contributed by atoms with van der Waals surface area (Å²) in [5.74, 6) is -0.923. The van der Waals surface area contributed by atoms with Crippen LogP contribution in [0.15, 0.2) is 12.3 Å². The molecule has 0 amide bonds. The molecule has 1 aromatic heterocycles. The molecule has 0 aliphatic rings. The Morgan fingerprint density at radius 2 is 2.12 bits per heavy atom. The predicted octanol–water partition coefficient (Wildman–Crippen LogP) is 0.663. The van der Waals surface area contributed by atoms with Crippen molar-refractivity contribution in [3.05, 3.63) is 23.5 Å². The fraction of sp³-hybridized carbons (Fsp3) is 0.545. The summed E-state index contributed by atoms with van der Waals surface area (Å²) >= 11 is 0. The summed E-state index contributed by atoms with van der Waals surface area (Å²) < 4.78 is 1.68. The normalized spacial score (nSPS) is 13.1. The van der Waals surface area contributed by atoms with Crippen LogP contribution in [0.3, 0.4) is 0 Å². The Bertz CT molecular complexity index is 370. The Hall–Kier alpha value is -1.33. The van der Waals surface area contributed by atoms with Crippen LogP contribution in [0, 0.1) is 0 Å². The third-order valence-corrected chi connectivity index (χ3v) is 2.40. The van der Waals surface area contributed by atoms with Gasteiger partial charge in [-0.2, -0.15) is 0 Å². The van der Waals surface area contributed by atoms with Crippen molar-refractivity contribution in [1.29, 1.82) is 0 Å². The molecular weight excluding hydrogens is 210 g/mol. The van der Waals surface area contributed by atoms with E-state index in [1.165, 1.54) is 6.07 Å². The van der Waals surface area contributed by atoms with Gasteiger partial charge in [0.05, 0.1) is 24.8 Å². The van der Waals surface area contributed by atoms with Crippen molar-refractivity contribution >= 4 is 5.97 Å². The van der Waals surface area contributed by atoms with Crippen molar-refractivity contribution in [3.63, 3.8) is 0 Å². The van der Waals surface area contributed by atoms with Crippen LogP contribution in [0.2, 0.25) is 0 Å². The van der Waals surface area contributed by atoms with Crippen LogP contribution in [0.1, 0.15) is 35.8 Å². The summed E-state index contributed by atoms with van der Waals surface area (Å²) in [7, 11) is 0. The number of hydrogen-bond donors (Lipinski definition) is 3. The standard InChI is InChI=1S/C11H17NO4/c1-7(2)10-9(11(15)16)3-4-12(10)5-8(14)6-13/h3-4,7-8,13-14H,5-6H2,1-2H3,(H,15,16). The first-order chi connectivity index (χ1) is 7.47. The molecule has 0 radical (unpaired) electrons. The van der Waals surface area contributed by atoms with Gasteiger partial charge in [-0.05, 0) is 12.0 Å². The molecule has 1 rings (SSSR count). The molecule has 1 aromatic rings. The minimum absolute atomic E-state index is 0.0481. The number of aliphatic hydroxyl groups is 2. The first-order valence-electron chi connectivity index (χ1n) is 5.18. The van der Waals surface area contributed by atoms with Crippen LogP contribution >= 0.6 is 0 Å². The SMILES string of the molecule is CC(C)c1c(C(=O)O)ccn1CC(O)CO. The molecule has 5 nitrogen and oxygen atoms in total. The molecule has 90 valence electrons. The highest BCUT2D eigenvalue weighted by Crippen LogP contribution is 2.21. The number of aromatic nitrogens is 1. The zero-order chi connectivity index (χ0) is 12.3. The van der Waals surface area contributed by atoms with Crippen LogP contribution < -0.4 is 0 Å². The summed E-state index contributed by atoms with van der Waals surface area (Å²) in [4.78, 5) is 11.0. The molecule has 16 heavy (non-hydrogen) atoms. The first kappa shape index (κ1) is 12.7. The Kier molecular flexibility index (Phi) is 4.09. The largest absolute Gasteiger partial charge is 0.478 e. The number of aliphatic hydroxyl groups excluding tert-OH is 2. The lowest BCUT2D eigenvalue weighted by atomic mass is 10.1. The predicted molar refractivity (Wildman–Crippen MR) is 58.6 cm³/mol. The number of carboxylic acid groups (broad SMARTS) is 1. The lowest BCUT2D eigenvalue weighted by molar-refractivity contribution is 0.0691. The molecule has 0 aliphatic carbocycles. The molecule has 0 spiro atoms. The maximum Gasteiger partial charge on any atom is 0.337 e. The highest BCUT2D eigenvalue weighted by molar-refractivity contribution is 5.89. The van der Waals surface area contributed by atoms with E-state index in [1.807, 2.05) is 13.8 Å². The first-order valence-corrected chi connectivity index (χ1v) is 5.18. The number of carboxylic acids is 1. The average molecular weight is 227 g/mol. The summed E-state index contributed by atoms with van der Waals surface area (Å²) in [5, 5.41) is 27.1. The molecule has 1 atom stereocenters. The van der Waals surface area contributed by atoms with Crippen molar-refractivity contribution in [2.24, 2.45) is 0 Å². The van der Waals surface area contributed by atoms with Crippen LogP contribution in [-0.2, 0) is 6.54 Å². The van der Waals surface area contributed by atoms with Crippen molar-refractivity contribution in [1.82, 2.24) is 4.57 Å². The van der Waals surface area contributed by atoms with E-state index in [2.05, 4.69) is 0 Å². The van der Waals surface area contributed by atoms with Gasteiger partial charge in [-0.1, -0.05) is 13.8 Å². The summed E-state index contributed by atoms with van der Waals surface area (Å²) in [6, 6.07) is 1.52. The van der Waals surface area contributed by atoms with Gasteiger partial charge in [0.2, 0.25) is 0 Å². The zero-order valence-electron chi connectivity index (χ0n) is 9.42. The van der Waals surface area contributed by atoms with Crippen LogP contribution in [0.5, 0.6) is 0 Å². The molecule has 0 saturated heterocycles. The number of aromatic carboxylic acids is 1. The number of rotatable bonds is 5. The number of carbonyl (C=O) groups is 1. The van der Waals surface area contributed by atoms with E-state index < -0.39 is 12.1 Å². The second kappa shape index (κ2) is 5.14. The molecule has 3 N–H and O–H groups in total. The molecule has 0 bridgehead atoms. The van der Waals surface area contributed by atoms with Crippen molar-refractivity contribution in [2.45, 2.75) is 32.4 Å². The van der Waals surface area contributed by atoms with E-state index in [9.17, 15) is 9.90 Å². The Balaban J connectivity index is 3.05. The third-order valence-electron chi connectivity index (χ3n) is 2.40. The minimum atomic E-state index is -0.971. The fourth-order valence-corrected chi connectivity index (χ4v) is 1.75. The van der Waals surface area contributed by atoms with E-state index in [4.69, 9.17) is 10.2 Å². The summed E-state index contributed by atoms with van der Waals surface area (Å²) in [6.07, 6.45) is 0.754. The Morgan fingerprint density at radius 3 is 2.56 bits per heavy atom. The molecule has 1 unspecified atom stereocenters. The van der Waals surface area contributed by atoms with Gasteiger partial charge >= 0.3 is 5.97 Å². The zero-order valence-corrected chi connectivity index (χ0v) is 9.42. The maximum absolute atomic E-state index is 11.0. The van der Waals surface area contributed by atoms with Gasteiger partial charge in [0.15, 0.2) is 0 Å². The molecule has 1 heterocycles. The van der Waals surface area contributed by atoms with Gasteiger partial charge in [0, 0.05) is 11.9 Å². The lowest BCUT2D eigenvalue weighted by Crippen LogP contribution is -2.21. The summed E-state index contributed by atoms with van der Waals surface area (Å²) in [5.41, 5.74) is 0.917. The highest BCUT2D eigenvalue weighted by atomic mass is 16.4. The molecule has 0 fully saturated rings. The molecule has 5 heteroatoms. The minimum Gasteiger partial charge on any atom is -0.478 e. The van der Waals surface area contributed by atoms with Crippen LogP contribution in [0.4, 0.5) is 0 Å². The molecule has 0 saturated carbocycles. The van der Waals surface area contributed by atoms with E-state index in [1.54, 1.807) is 10.8 Å². The molecule has 0 aliphatic heterocycles. The number of nitrogens with zero attached hydrogens (tertiary/aromatic N) is 1. The topological polar surface area (TPSA) is 82.7 Å². The third kappa shape index (κ3) is 2.62. The molecular formula is C11H17NO4. The Labute approximate surface area is 93.9 Å². The monoisotopic (exact) mass is 227 g/mol. The van der Waals surface area contributed by atoms with Gasteiger partial charge in [-0.15, -0.1) is 0 Å². The molecule has 0 aromatic carbocycles. The average Bonchev–Trinajstić information content (AvgIpc) is 2.61. The van der Waals surface area contributed by atoms with Crippen molar-refractivity contribution in [3.8, 4) is 0 Å². The highest BCUT2D eigenvalue weighted by Gasteiger charge is 2.18. The van der Waals surface area contributed by atoms with Gasteiger partial charge in [0.1, 0.15) is 0 Å². The maximum atomic E-state index is 11.0. The van der Waals surface area contributed by atoms with Crippen LogP contribution in [-0.4, -0.2) is 38.6 Å². The van der Waals surface area contributed by atoms with E-state index >= 15 is 0 Å². The van der Waals surface area contributed by atoms with E-state index in [-0.39, 0.29) is 24.6 Å². The van der Waals surface area contributed by atoms with Gasteiger partial charge in [-0.25, -0.2) is 4.79 Å². The number of hydrogen-bond acceptors (Lipinski definition) is 3. The summed E-state index contributed by atoms with van der Waals surface area (Å²) in [6.45, 7) is 3.66. The van der Waals surface area contributed by atoms with Crippen LogP contribution in [0.25, 0.3) is 0 Å². The fourth-order valence-electron chi connectivity index (χ4n) is 1.75. The quantitative estimate of drug-likeness (QED) is 0.690. The van der Waals surface area contributed by atoms with Crippen molar-refractivity contribution in [2.75, 3.05) is 6.61 Å². The van der Waals surface area contributed by atoms with E-state index in [0.717, 1.165) is 0 Å². The second-order valence-corrected chi connectivity index (χ2v) is 4.06. The Morgan fingerprint density at radius 1 is 1.50 bits per heavy atom. The van der Waals surface area contributed by atoms with Gasteiger partial charge in [-0.3, -0.25) is 0 Å². The lowest BCUT2D eigenvalue weighted by Gasteiger charge is -2.15. The smallest absolute Gasteiger partial charge is 0.337 e. The van der Waals surface area contributed by atoms with E-state index in [0.29, 0.717) is 5.69 Å². The van der Waals surface area contributed by atoms with Crippen molar-refractivity contribution < 1.29 is 20.1 Å².